The minimum atomic E-state index is -1.30. The lowest BCUT2D eigenvalue weighted by molar-refractivity contribution is -0.133. The number of anilines is 2. The molecule has 11 nitrogen and oxygen atoms in total. The quantitative estimate of drug-likeness (QED) is 0.454. The molecule has 0 aromatic heterocycles. The number of carbonyl (C=O) groups is 3. The molecule has 2 fully saturated rings. The number of nitrogens with zero attached hydrogens (tertiary/aromatic N) is 2. The van der Waals surface area contributed by atoms with Gasteiger partial charge in [-0.2, -0.15) is 0 Å². The summed E-state index contributed by atoms with van der Waals surface area (Å²) >= 11 is 0. The number of urea groups is 1. The molecule has 0 spiro atoms. The SMILES string of the molecule is CCOc1cc(N2CCOCC2)c(OCC)cc1NC(=O)CN1C(=O)NC(C)(c2ccc(OC)cc2)C1=O. The normalized spacial score (nSPS) is 19.3. The van der Waals surface area contributed by atoms with E-state index in [-0.39, 0.29) is 0 Å². The summed E-state index contributed by atoms with van der Waals surface area (Å²) in [5.41, 5.74) is 0.517. The molecule has 2 aliphatic rings. The average molecular weight is 527 g/mol. The van der Waals surface area contributed by atoms with Crippen LogP contribution in [0, 0.1) is 0 Å². The van der Waals surface area contributed by atoms with E-state index >= 15 is 0 Å². The van der Waals surface area contributed by atoms with Crippen LogP contribution in [0.3, 0.4) is 0 Å². The highest BCUT2D eigenvalue weighted by atomic mass is 16.5. The van der Waals surface area contributed by atoms with Crippen LogP contribution in [0.25, 0.3) is 0 Å². The lowest BCUT2D eigenvalue weighted by atomic mass is 9.92. The smallest absolute Gasteiger partial charge is 0.325 e. The predicted octanol–water partition coefficient (Wildman–Crippen LogP) is 2.73. The van der Waals surface area contributed by atoms with Gasteiger partial charge in [0.25, 0.3) is 5.91 Å². The van der Waals surface area contributed by atoms with Crippen molar-refractivity contribution in [1.29, 1.82) is 0 Å². The summed E-state index contributed by atoms with van der Waals surface area (Å²) in [5, 5.41) is 5.51. The van der Waals surface area contributed by atoms with E-state index in [0.29, 0.717) is 68.0 Å². The van der Waals surface area contributed by atoms with Gasteiger partial charge < -0.3 is 34.5 Å². The molecule has 2 aromatic rings. The molecule has 2 saturated heterocycles. The fourth-order valence-corrected chi connectivity index (χ4v) is 4.54. The van der Waals surface area contributed by atoms with Gasteiger partial charge in [-0.05, 0) is 38.5 Å². The number of methoxy groups -OCH3 is 1. The van der Waals surface area contributed by atoms with E-state index in [4.69, 9.17) is 18.9 Å². The zero-order valence-electron chi connectivity index (χ0n) is 22.2. The molecule has 4 rings (SSSR count). The van der Waals surface area contributed by atoms with Crippen LogP contribution in [-0.4, -0.2) is 75.9 Å². The largest absolute Gasteiger partial charge is 0.497 e. The van der Waals surface area contributed by atoms with Crippen LogP contribution in [-0.2, 0) is 19.9 Å². The minimum Gasteiger partial charge on any atom is -0.497 e. The molecule has 0 radical (unpaired) electrons. The first kappa shape index (κ1) is 27.1. The molecule has 38 heavy (non-hydrogen) atoms. The maximum Gasteiger partial charge on any atom is 0.325 e. The van der Waals surface area contributed by atoms with Gasteiger partial charge in [-0.3, -0.25) is 14.5 Å². The minimum absolute atomic E-state index is 0.382. The Hall–Kier alpha value is -3.99. The molecule has 0 saturated carbocycles. The summed E-state index contributed by atoms with van der Waals surface area (Å²) < 4.78 is 22.3. The monoisotopic (exact) mass is 526 g/mol. The molecule has 2 heterocycles. The fourth-order valence-electron chi connectivity index (χ4n) is 4.54. The molecule has 11 heteroatoms. The number of amides is 4. The molecule has 2 aromatic carbocycles. The van der Waals surface area contributed by atoms with Crippen molar-refractivity contribution in [2.45, 2.75) is 26.3 Å². The van der Waals surface area contributed by atoms with Crippen molar-refractivity contribution >= 4 is 29.2 Å². The number of hydrogen-bond acceptors (Lipinski definition) is 8. The highest BCUT2D eigenvalue weighted by Crippen LogP contribution is 2.39. The van der Waals surface area contributed by atoms with E-state index in [0.717, 1.165) is 10.6 Å². The molecular formula is C27H34N4O7. The third-order valence-electron chi connectivity index (χ3n) is 6.53. The van der Waals surface area contributed by atoms with Crippen molar-refractivity contribution in [3.8, 4) is 17.2 Å². The summed E-state index contributed by atoms with van der Waals surface area (Å²) in [6, 6.07) is 9.74. The number of hydrogen-bond donors (Lipinski definition) is 2. The van der Waals surface area contributed by atoms with Gasteiger partial charge in [-0.25, -0.2) is 4.79 Å². The van der Waals surface area contributed by atoms with Crippen LogP contribution < -0.4 is 29.7 Å². The van der Waals surface area contributed by atoms with Gasteiger partial charge in [0.2, 0.25) is 5.91 Å². The van der Waals surface area contributed by atoms with Crippen molar-refractivity contribution in [3.63, 3.8) is 0 Å². The van der Waals surface area contributed by atoms with Gasteiger partial charge >= 0.3 is 6.03 Å². The summed E-state index contributed by atoms with van der Waals surface area (Å²) in [7, 11) is 1.55. The first-order valence-corrected chi connectivity index (χ1v) is 12.7. The number of carbonyl (C=O) groups excluding carboxylic acids is 3. The van der Waals surface area contributed by atoms with Gasteiger partial charge in [0, 0.05) is 25.2 Å². The number of imide groups is 1. The predicted molar refractivity (Wildman–Crippen MR) is 141 cm³/mol. The van der Waals surface area contributed by atoms with Crippen LogP contribution in [0.1, 0.15) is 26.3 Å². The van der Waals surface area contributed by atoms with Gasteiger partial charge in [-0.1, -0.05) is 12.1 Å². The molecule has 4 amide bonds. The fraction of sp³-hybridized carbons (Fsp3) is 0.444. The molecule has 2 aliphatic heterocycles. The van der Waals surface area contributed by atoms with Crippen molar-refractivity contribution in [2.24, 2.45) is 0 Å². The standard InChI is InChI=1S/C27H34N4O7/c1-5-37-22-16-21(30-11-13-36-14-12-30)23(38-6-2)15-20(22)28-24(32)17-31-25(33)27(3,29-26(31)34)18-7-9-19(35-4)10-8-18/h7-10,15-16H,5-6,11-14,17H2,1-4H3,(H,28,32)(H,29,34). The molecule has 2 N–H and O–H groups in total. The third-order valence-corrected chi connectivity index (χ3v) is 6.53. The maximum atomic E-state index is 13.3. The third kappa shape index (κ3) is 5.47. The van der Waals surface area contributed by atoms with Gasteiger partial charge in [0.15, 0.2) is 0 Å². The van der Waals surface area contributed by atoms with Gasteiger partial charge in [0.1, 0.15) is 29.3 Å². The lowest BCUT2D eigenvalue weighted by Crippen LogP contribution is -2.42. The van der Waals surface area contributed by atoms with Gasteiger partial charge in [-0.15, -0.1) is 0 Å². The lowest BCUT2D eigenvalue weighted by Gasteiger charge is -2.31. The first-order valence-electron chi connectivity index (χ1n) is 12.7. The zero-order valence-corrected chi connectivity index (χ0v) is 22.2. The average Bonchev–Trinajstić information content (AvgIpc) is 3.14. The van der Waals surface area contributed by atoms with E-state index in [1.165, 1.54) is 0 Å². The Kier molecular flexibility index (Phi) is 8.26. The van der Waals surface area contributed by atoms with Crippen LogP contribution in [0.15, 0.2) is 36.4 Å². The number of morpholine rings is 1. The summed E-state index contributed by atoms with van der Waals surface area (Å²) in [6.07, 6.45) is 0. The number of nitrogens with one attached hydrogen (secondary N) is 2. The van der Waals surface area contributed by atoms with Crippen molar-refractivity contribution < 1.29 is 33.3 Å². The van der Waals surface area contributed by atoms with E-state index < -0.39 is 29.9 Å². The van der Waals surface area contributed by atoms with Gasteiger partial charge in [0.05, 0.1) is 44.9 Å². The molecule has 1 unspecified atom stereocenters. The summed E-state index contributed by atoms with van der Waals surface area (Å²) in [5.74, 6) is 0.614. The Morgan fingerprint density at radius 2 is 1.71 bits per heavy atom. The van der Waals surface area contributed by atoms with E-state index in [9.17, 15) is 14.4 Å². The van der Waals surface area contributed by atoms with E-state index in [1.807, 2.05) is 19.9 Å². The van der Waals surface area contributed by atoms with Crippen LogP contribution in [0.2, 0.25) is 0 Å². The highest BCUT2D eigenvalue weighted by molar-refractivity contribution is 6.10. The number of ether oxygens (including phenoxy) is 4. The maximum absolute atomic E-state index is 13.3. The summed E-state index contributed by atoms with van der Waals surface area (Å²) in [6.45, 7) is 8.32. The molecule has 204 valence electrons. The van der Waals surface area contributed by atoms with Crippen LogP contribution >= 0.6 is 0 Å². The Morgan fingerprint density at radius 1 is 1.05 bits per heavy atom. The van der Waals surface area contributed by atoms with Crippen molar-refractivity contribution in [1.82, 2.24) is 10.2 Å². The van der Waals surface area contributed by atoms with E-state index in [2.05, 4.69) is 15.5 Å². The second kappa shape index (κ2) is 11.6. The topological polar surface area (TPSA) is 119 Å². The zero-order chi connectivity index (χ0) is 27.3. The Morgan fingerprint density at radius 3 is 2.34 bits per heavy atom. The molecule has 0 bridgehead atoms. The second-order valence-electron chi connectivity index (χ2n) is 9.00. The highest BCUT2D eigenvalue weighted by Gasteiger charge is 2.49. The molecular weight excluding hydrogens is 492 g/mol. The molecule has 0 aliphatic carbocycles. The van der Waals surface area contributed by atoms with Crippen LogP contribution in [0.4, 0.5) is 16.2 Å². The number of rotatable bonds is 10. The number of benzene rings is 2. The van der Waals surface area contributed by atoms with Crippen LogP contribution in [0.5, 0.6) is 17.2 Å². The van der Waals surface area contributed by atoms with Crippen molar-refractivity contribution in [3.05, 3.63) is 42.0 Å². The molecule has 1 atom stereocenters. The second-order valence-corrected chi connectivity index (χ2v) is 9.00. The Balaban J connectivity index is 1.53. The Bertz CT molecular complexity index is 1180. The first-order chi connectivity index (χ1) is 18.3. The van der Waals surface area contributed by atoms with E-state index in [1.54, 1.807) is 44.4 Å². The Labute approximate surface area is 222 Å². The summed E-state index contributed by atoms with van der Waals surface area (Å²) in [4.78, 5) is 42.2. The van der Waals surface area contributed by atoms with Crippen molar-refractivity contribution in [2.75, 3.05) is 63.4 Å².